The molecule has 2 aromatic carbocycles. The molecule has 0 unspecified atom stereocenters. The number of amides is 2. The molecule has 0 spiro atoms. The lowest BCUT2D eigenvalue weighted by Crippen LogP contribution is -2.43. The van der Waals surface area contributed by atoms with Crippen LogP contribution in [0.3, 0.4) is 0 Å². The quantitative estimate of drug-likeness (QED) is 0.477. The average Bonchev–Trinajstić information content (AvgIpc) is 2.64. The number of halogens is 2. The molecule has 26 heavy (non-hydrogen) atoms. The second-order valence-electron chi connectivity index (χ2n) is 4.94. The third-order valence-electron chi connectivity index (χ3n) is 3.08. The van der Waals surface area contributed by atoms with E-state index in [1.165, 1.54) is 36.4 Å². The first kappa shape index (κ1) is 19.1. The summed E-state index contributed by atoms with van der Waals surface area (Å²) in [4.78, 5) is 34.9. The molecule has 2 N–H and O–H groups in total. The van der Waals surface area contributed by atoms with Crippen LogP contribution in [0.5, 0.6) is 0 Å². The third-order valence-corrected chi connectivity index (χ3v) is 3.41. The minimum Gasteiger partial charge on any atom is -0.452 e. The van der Waals surface area contributed by atoms with Crippen LogP contribution in [0.2, 0.25) is 5.02 Å². The van der Waals surface area contributed by atoms with Gasteiger partial charge < -0.3 is 4.74 Å². The van der Waals surface area contributed by atoms with Gasteiger partial charge in [0.05, 0.1) is 10.6 Å². The topological polar surface area (TPSA) is 84.5 Å². The fourth-order valence-corrected chi connectivity index (χ4v) is 2.05. The van der Waals surface area contributed by atoms with Gasteiger partial charge in [-0.15, -0.1) is 0 Å². The first-order chi connectivity index (χ1) is 12.5. The highest BCUT2D eigenvalue weighted by Crippen LogP contribution is 2.14. The smallest absolute Gasteiger partial charge is 0.331 e. The SMILES string of the molecule is O=C(COC(=O)/C=C/c1ccccc1F)NNC(=O)c1ccccc1Cl. The molecule has 2 aromatic rings. The largest absolute Gasteiger partial charge is 0.452 e. The number of hydrazine groups is 1. The lowest BCUT2D eigenvalue weighted by molar-refractivity contribution is -0.144. The Morgan fingerprint density at radius 2 is 1.73 bits per heavy atom. The monoisotopic (exact) mass is 376 g/mol. The molecule has 0 aliphatic heterocycles. The fourth-order valence-electron chi connectivity index (χ4n) is 1.83. The van der Waals surface area contributed by atoms with E-state index in [0.717, 1.165) is 6.08 Å². The number of hydrogen-bond donors (Lipinski definition) is 2. The summed E-state index contributed by atoms with van der Waals surface area (Å²) in [7, 11) is 0. The first-order valence-electron chi connectivity index (χ1n) is 7.40. The van der Waals surface area contributed by atoms with E-state index in [9.17, 15) is 18.8 Å². The summed E-state index contributed by atoms with van der Waals surface area (Å²) in [5, 5.41) is 0.226. The van der Waals surface area contributed by atoms with Crippen LogP contribution in [0.15, 0.2) is 54.6 Å². The summed E-state index contributed by atoms with van der Waals surface area (Å²) < 4.78 is 18.1. The molecule has 8 heteroatoms. The van der Waals surface area contributed by atoms with Crippen LogP contribution in [0.4, 0.5) is 4.39 Å². The van der Waals surface area contributed by atoms with Crippen molar-refractivity contribution in [2.75, 3.05) is 6.61 Å². The van der Waals surface area contributed by atoms with Gasteiger partial charge in [-0.2, -0.15) is 0 Å². The molecule has 2 amide bonds. The summed E-state index contributed by atoms with van der Waals surface area (Å²) in [5.41, 5.74) is 4.62. The van der Waals surface area contributed by atoms with Crippen LogP contribution in [-0.2, 0) is 14.3 Å². The molecule has 0 heterocycles. The van der Waals surface area contributed by atoms with E-state index in [-0.39, 0.29) is 16.1 Å². The molecule has 0 saturated carbocycles. The molecular weight excluding hydrogens is 363 g/mol. The highest BCUT2D eigenvalue weighted by molar-refractivity contribution is 6.33. The number of esters is 1. The van der Waals surface area contributed by atoms with Crippen molar-refractivity contribution in [3.63, 3.8) is 0 Å². The molecule has 6 nitrogen and oxygen atoms in total. The third kappa shape index (κ3) is 5.71. The van der Waals surface area contributed by atoms with Gasteiger partial charge in [0, 0.05) is 11.6 Å². The Morgan fingerprint density at radius 1 is 1.04 bits per heavy atom. The molecule has 0 radical (unpaired) electrons. The maximum absolute atomic E-state index is 13.4. The van der Waals surface area contributed by atoms with E-state index >= 15 is 0 Å². The second-order valence-corrected chi connectivity index (χ2v) is 5.35. The van der Waals surface area contributed by atoms with Crippen LogP contribution >= 0.6 is 11.6 Å². The molecule has 0 atom stereocenters. The molecule has 134 valence electrons. The normalized spacial score (nSPS) is 10.4. The van der Waals surface area contributed by atoms with Crippen LogP contribution < -0.4 is 10.9 Å². The van der Waals surface area contributed by atoms with E-state index in [1.54, 1.807) is 18.2 Å². The Bertz CT molecular complexity index is 855. The molecule has 0 aromatic heterocycles. The van der Waals surface area contributed by atoms with Crippen molar-refractivity contribution < 1.29 is 23.5 Å². The highest BCUT2D eigenvalue weighted by atomic mass is 35.5. The Hall–Kier alpha value is -3.19. The van der Waals surface area contributed by atoms with Gasteiger partial charge in [0.15, 0.2) is 6.61 Å². The predicted molar refractivity (Wildman–Crippen MR) is 93.5 cm³/mol. The van der Waals surface area contributed by atoms with Gasteiger partial charge in [0.1, 0.15) is 5.82 Å². The standard InChI is InChI=1S/C18H14ClFN2O4/c19-14-7-3-2-6-13(14)18(25)22-21-16(23)11-26-17(24)10-9-12-5-1-4-8-15(12)20/h1-10H,11H2,(H,21,23)(H,22,25)/b10-9+. The molecule has 2 rings (SSSR count). The van der Waals surface area contributed by atoms with Crippen LogP contribution in [0.1, 0.15) is 15.9 Å². The van der Waals surface area contributed by atoms with Crippen molar-refractivity contribution in [1.29, 1.82) is 0 Å². The lowest BCUT2D eigenvalue weighted by Gasteiger charge is -2.08. The van der Waals surface area contributed by atoms with Crippen molar-refractivity contribution in [3.8, 4) is 0 Å². The molecule has 0 fully saturated rings. The maximum Gasteiger partial charge on any atom is 0.331 e. The van der Waals surface area contributed by atoms with E-state index < -0.39 is 30.2 Å². The molecule has 0 saturated heterocycles. The number of carbonyl (C=O) groups is 3. The number of rotatable bonds is 5. The van der Waals surface area contributed by atoms with Crippen molar-refractivity contribution in [2.24, 2.45) is 0 Å². The van der Waals surface area contributed by atoms with E-state index in [0.29, 0.717) is 0 Å². The summed E-state index contributed by atoms with van der Waals surface area (Å²) in [6.45, 7) is -0.622. The van der Waals surface area contributed by atoms with E-state index in [2.05, 4.69) is 15.6 Å². The first-order valence-corrected chi connectivity index (χ1v) is 7.78. The van der Waals surface area contributed by atoms with Crippen molar-refractivity contribution in [1.82, 2.24) is 10.9 Å². The average molecular weight is 377 g/mol. The fraction of sp³-hybridized carbons (Fsp3) is 0.0556. The summed E-state index contributed by atoms with van der Waals surface area (Å²) in [5.74, 6) is -2.69. The molecule has 0 aliphatic rings. The minimum atomic E-state index is -0.833. The summed E-state index contributed by atoms with van der Waals surface area (Å²) in [6, 6.07) is 12.2. The number of hydrogen-bond acceptors (Lipinski definition) is 4. The summed E-state index contributed by atoms with van der Waals surface area (Å²) in [6.07, 6.45) is 2.22. The zero-order chi connectivity index (χ0) is 18.9. The van der Waals surface area contributed by atoms with Crippen LogP contribution in [0.25, 0.3) is 6.08 Å². The lowest BCUT2D eigenvalue weighted by atomic mass is 10.2. The predicted octanol–water partition coefficient (Wildman–Crippen LogP) is 2.50. The Kier molecular flexibility index (Phi) is 6.87. The molecule has 0 bridgehead atoms. The Balaban J connectivity index is 1.76. The number of nitrogens with one attached hydrogen (secondary N) is 2. The van der Waals surface area contributed by atoms with Crippen molar-refractivity contribution >= 4 is 35.5 Å². The number of ether oxygens (including phenoxy) is 1. The number of benzene rings is 2. The Morgan fingerprint density at radius 3 is 2.46 bits per heavy atom. The van der Waals surface area contributed by atoms with Gasteiger partial charge >= 0.3 is 5.97 Å². The van der Waals surface area contributed by atoms with Crippen molar-refractivity contribution in [3.05, 3.63) is 76.6 Å². The highest BCUT2D eigenvalue weighted by Gasteiger charge is 2.11. The van der Waals surface area contributed by atoms with Gasteiger partial charge in [0.25, 0.3) is 11.8 Å². The molecular formula is C18H14ClFN2O4. The number of carbonyl (C=O) groups excluding carboxylic acids is 3. The van der Waals surface area contributed by atoms with Gasteiger partial charge in [-0.05, 0) is 24.3 Å². The van der Waals surface area contributed by atoms with Gasteiger partial charge in [-0.25, -0.2) is 9.18 Å². The Labute approximate surface area is 153 Å². The minimum absolute atomic E-state index is 0.180. The summed E-state index contributed by atoms with van der Waals surface area (Å²) >= 11 is 5.86. The second kappa shape index (κ2) is 9.33. The van der Waals surface area contributed by atoms with Crippen LogP contribution in [0, 0.1) is 5.82 Å². The maximum atomic E-state index is 13.4. The van der Waals surface area contributed by atoms with Gasteiger partial charge in [-0.3, -0.25) is 20.4 Å². The van der Waals surface area contributed by atoms with E-state index in [1.807, 2.05) is 0 Å². The van der Waals surface area contributed by atoms with E-state index in [4.69, 9.17) is 11.6 Å². The molecule has 0 aliphatic carbocycles. The van der Waals surface area contributed by atoms with Gasteiger partial charge in [-0.1, -0.05) is 41.9 Å². The zero-order valence-electron chi connectivity index (χ0n) is 13.4. The van der Waals surface area contributed by atoms with Crippen LogP contribution in [-0.4, -0.2) is 24.4 Å². The van der Waals surface area contributed by atoms with Gasteiger partial charge in [0.2, 0.25) is 0 Å². The van der Waals surface area contributed by atoms with Crippen molar-refractivity contribution in [2.45, 2.75) is 0 Å². The zero-order valence-corrected chi connectivity index (χ0v) is 14.1.